The summed E-state index contributed by atoms with van der Waals surface area (Å²) in [6.07, 6.45) is 0.794. The van der Waals surface area contributed by atoms with Crippen LogP contribution in [0.25, 0.3) is 0 Å². The average molecular weight is 466 g/mol. The van der Waals surface area contributed by atoms with E-state index < -0.39 is 12.0 Å². The topological polar surface area (TPSA) is 89.1 Å². The molecular formula is C26H31N3O5. The number of carbonyl (C=O) groups is 2. The fourth-order valence-electron chi connectivity index (χ4n) is 4.80. The fraction of sp³-hybridized carbons (Fsp3) is 0.385. The summed E-state index contributed by atoms with van der Waals surface area (Å²) < 4.78 is 16.4. The smallest absolute Gasteiger partial charge is 0.337 e. The van der Waals surface area contributed by atoms with Gasteiger partial charge in [0, 0.05) is 18.8 Å². The molecule has 8 nitrogen and oxygen atoms in total. The molecule has 2 aliphatic heterocycles. The summed E-state index contributed by atoms with van der Waals surface area (Å²) >= 11 is 0. The number of rotatable bonds is 7. The van der Waals surface area contributed by atoms with Crippen molar-refractivity contribution in [3.63, 3.8) is 0 Å². The van der Waals surface area contributed by atoms with Crippen molar-refractivity contribution in [2.75, 3.05) is 33.9 Å². The Kier molecular flexibility index (Phi) is 7.07. The van der Waals surface area contributed by atoms with Gasteiger partial charge in [-0.1, -0.05) is 30.3 Å². The van der Waals surface area contributed by atoms with Crippen LogP contribution in [0.3, 0.4) is 0 Å². The second kappa shape index (κ2) is 10.2. The molecule has 0 bridgehead atoms. The zero-order chi connectivity index (χ0) is 24.2. The number of carbonyl (C=O) groups excluding carboxylic acids is 2. The molecule has 0 aromatic heterocycles. The lowest BCUT2D eigenvalue weighted by Gasteiger charge is -2.39. The number of amides is 2. The van der Waals surface area contributed by atoms with Crippen molar-refractivity contribution in [2.24, 2.45) is 0 Å². The van der Waals surface area contributed by atoms with E-state index in [2.05, 4.69) is 27.7 Å². The van der Waals surface area contributed by atoms with E-state index in [1.165, 1.54) is 5.56 Å². The molecule has 34 heavy (non-hydrogen) atoms. The van der Waals surface area contributed by atoms with Crippen LogP contribution in [0.15, 0.2) is 53.7 Å². The number of esters is 1. The normalized spacial score (nSPS) is 20.2. The highest BCUT2D eigenvalue weighted by atomic mass is 16.5. The van der Waals surface area contributed by atoms with Gasteiger partial charge in [-0.25, -0.2) is 9.59 Å². The highest BCUT2D eigenvalue weighted by Gasteiger charge is 2.35. The predicted molar refractivity (Wildman–Crippen MR) is 128 cm³/mol. The van der Waals surface area contributed by atoms with Crippen molar-refractivity contribution in [2.45, 2.75) is 32.4 Å². The Bertz CT molecular complexity index is 1100. The molecule has 0 spiro atoms. The first-order valence-electron chi connectivity index (χ1n) is 11.5. The Morgan fingerprint density at radius 2 is 1.82 bits per heavy atom. The van der Waals surface area contributed by atoms with Crippen LogP contribution in [0, 0.1) is 0 Å². The van der Waals surface area contributed by atoms with Crippen LogP contribution in [0.4, 0.5) is 4.79 Å². The maximum atomic E-state index is 12.8. The van der Waals surface area contributed by atoms with Gasteiger partial charge in [-0.05, 0) is 49.1 Å². The largest absolute Gasteiger partial charge is 0.493 e. The van der Waals surface area contributed by atoms with Gasteiger partial charge in [0.15, 0.2) is 11.5 Å². The van der Waals surface area contributed by atoms with E-state index in [4.69, 9.17) is 14.2 Å². The molecule has 0 radical (unpaired) electrons. The van der Waals surface area contributed by atoms with Gasteiger partial charge in [-0.15, -0.1) is 0 Å². The molecule has 2 aromatic carbocycles. The van der Waals surface area contributed by atoms with Crippen molar-refractivity contribution in [1.29, 1.82) is 0 Å². The Balaban J connectivity index is 1.79. The van der Waals surface area contributed by atoms with Crippen LogP contribution >= 0.6 is 0 Å². The molecular weight excluding hydrogens is 434 g/mol. The first kappa shape index (κ1) is 23.6. The van der Waals surface area contributed by atoms with Crippen LogP contribution in [-0.2, 0) is 16.0 Å². The molecule has 0 saturated heterocycles. The molecule has 2 aliphatic rings. The van der Waals surface area contributed by atoms with E-state index in [0.717, 1.165) is 24.1 Å². The molecule has 2 amide bonds. The molecule has 0 fully saturated rings. The molecule has 2 heterocycles. The number of methoxy groups -OCH3 is 2. The number of ether oxygens (including phenoxy) is 3. The third-order valence-corrected chi connectivity index (χ3v) is 6.32. The SMILES string of the molecule is CCOC(=O)C1=C(CN2CCc3cc(OC)c(OC)cc3[C@@H]2c2ccccc2)NC(=O)N[C@@H]1C. The lowest BCUT2D eigenvalue weighted by molar-refractivity contribution is -0.139. The van der Waals surface area contributed by atoms with Gasteiger partial charge in [-0.3, -0.25) is 4.90 Å². The zero-order valence-electron chi connectivity index (χ0n) is 20.0. The summed E-state index contributed by atoms with van der Waals surface area (Å²) in [5.74, 6) is 0.949. The Hall–Kier alpha value is -3.52. The highest BCUT2D eigenvalue weighted by Crippen LogP contribution is 2.41. The van der Waals surface area contributed by atoms with Crippen molar-refractivity contribution < 1.29 is 23.8 Å². The van der Waals surface area contributed by atoms with Crippen LogP contribution in [0.5, 0.6) is 11.5 Å². The summed E-state index contributed by atoms with van der Waals surface area (Å²) in [5, 5.41) is 5.63. The first-order valence-corrected chi connectivity index (χ1v) is 11.5. The molecule has 0 saturated carbocycles. The minimum Gasteiger partial charge on any atom is -0.493 e. The van der Waals surface area contributed by atoms with Crippen molar-refractivity contribution >= 4 is 12.0 Å². The Morgan fingerprint density at radius 3 is 2.50 bits per heavy atom. The highest BCUT2D eigenvalue weighted by molar-refractivity contribution is 5.94. The quantitative estimate of drug-likeness (QED) is 0.611. The molecule has 8 heteroatoms. The molecule has 0 unspecified atom stereocenters. The monoisotopic (exact) mass is 465 g/mol. The number of nitrogens with one attached hydrogen (secondary N) is 2. The van der Waals surface area contributed by atoms with E-state index in [9.17, 15) is 9.59 Å². The Labute approximate surface area is 199 Å². The number of nitrogens with zero attached hydrogens (tertiary/aromatic N) is 1. The maximum absolute atomic E-state index is 12.8. The minimum absolute atomic E-state index is 0.0946. The lowest BCUT2D eigenvalue weighted by Crippen LogP contribution is -2.52. The van der Waals surface area contributed by atoms with Crippen molar-refractivity contribution in [3.8, 4) is 11.5 Å². The van der Waals surface area contributed by atoms with Gasteiger partial charge < -0.3 is 24.8 Å². The molecule has 180 valence electrons. The number of urea groups is 1. The van der Waals surface area contributed by atoms with Gasteiger partial charge in [0.25, 0.3) is 0 Å². The lowest BCUT2D eigenvalue weighted by atomic mass is 9.87. The van der Waals surface area contributed by atoms with E-state index in [1.54, 1.807) is 28.1 Å². The van der Waals surface area contributed by atoms with Crippen LogP contribution < -0.4 is 20.1 Å². The van der Waals surface area contributed by atoms with Crippen molar-refractivity contribution in [1.82, 2.24) is 15.5 Å². The number of hydrogen-bond acceptors (Lipinski definition) is 6. The standard InChI is InChI=1S/C26H31N3O5/c1-5-34-25(30)23-16(2)27-26(31)28-20(23)15-29-12-11-18-13-21(32-3)22(33-4)14-19(18)24(29)17-9-7-6-8-10-17/h6-10,13-14,16,24H,5,11-12,15H2,1-4H3,(H2,27,28,31)/t16-,24+/m1/s1. The number of benzene rings is 2. The Morgan fingerprint density at radius 1 is 1.12 bits per heavy atom. The fourth-order valence-corrected chi connectivity index (χ4v) is 4.80. The first-order chi connectivity index (χ1) is 16.5. The minimum atomic E-state index is -0.445. The summed E-state index contributed by atoms with van der Waals surface area (Å²) in [6.45, 7) is 4.95. The van der Waals surface area contributed by atoms with E-state index in [0.29, 0.717) is 29.3 Å². The average Bonchev–Trinajstić information content (AvgIpc) is 2.83. The van der Waals surface area contributed by atoms with E-state index in [1.807, 2.05) is 30.3 Å². The van der Waals surface area contributed by atoms with Gasteiger partial charge in [0.2, 0.25) is 0 Å². The summed E-state index contributed by atoms with van der Waals surface area (Å²) in [6, 6.07) is 13.4. The van der Waals surface area contributed by atoms with Gasteiger partial charge in [0.05, 0.1) is 38.5 Å². The van der Waals surface area contributed by atoms with Crippen LogP contribution in [-0.4, -0.2) is 56.9 Å². The van der Waals surface area contributed by atoms with Gasteiger partial charge in [-0.2, -0.15) is 0 Å². The van der Waals surface area contributed by atoms with E-state index >= 15 is 0 Å². The van der Waals surface area contributed by atoms with Gasteiger partial charge >= 0.3 is 12.0 Å². The number of fused-ring (bicyclic) bond motifs is 1. The molecule has 2 aromatic rings. The summed E-state index contributed by atoms with van der Waals surface area (Å²) in [5.41, 5.74) is 4.43. The molecule has 4 rings (SSSR count). The number of hydrogen-bond donors (Lipinski definition) is 2. The predicted octanol–water partition coefficient (Wildman–Crippen LogP) is 3.17. The molecule has 0 aliphatic carbocycles. The molecule has 2 atom stereocenters. The zero-order valence-corrected chi connectivity index (χ0v) is 20.0. The van der Waals surface area contributed by atoms with E-state index in [-0.39, 0.29) is 18.7 Å². The maximum Gasteiger partial charge on any atom is 0.337 e. The van der Waals surface area contributed by atoms with Crippen LogP contribution in [0.2, 0.25) is 0 Å². The summed E-state index contributed by atoms with van der Waals surface area (Å²) in [7, 11) is 3.27. The molecule has 2 N–H and O–H groups in total. The van der Waals surface area contributed by atoms with Gasteiger partial charge in [0.1, 0.15) is 0 Å². The summed E-state index contributed by atoms with van der Waals surface area (Å²) in [4.78, 5) is 27.3. The second-order valence-corrected chi connectivity index (χ2v) is 8.37. The third kappa shape index (κ3) is 4.59. The van der Waals surface area contributed by atoms with Crippen molar-refractivity contribution in [3.05, 3.63) is 70.4 Å². The second-order valence-electron chi connectivity index (χ2n) is 8.37. The van der Waals surface area contributed by atoms with Crippen LogP contribution in [0.1, 0.15) is 36.6 Å². The third-order valence-electron chi connectivity index (χ3n) is 6.32.